The van der Waals surface area contributed by atoms with Crippen LogP contribution in [-0.2, 0) is 6.54 Å². The third-order valence-electron chi connectivity index (χ3n) is 2.85. The predicted molar refractivity (Wildman–Crippen MR) is 68.9 cm³/mol. The van der Waals surface area contributed by atoms with Crippen molar-refractivity contribution in [2.75, 3.05) is 20.2 Å². The van der Waals surface area contributed by atoms with Crippen LogP contribution < -0.4 is 15.8 Å². The van der Waals surface area contributed by atoms with E-state index in [4.69, 9.17) is 10.5 Å². The smallest absolute Gasteiger partial charge is 0.118 e. The number of hydrogen-bond donors (Lipinski definition) is 3. The van der Waals surface area contributed by atoms with Crippen molar-refractivity contribution in [2.24, 2.45) is 11.7 Å². The van der Waals surface area contributed by atoms with Crippen LogP contribution in [-0.4, -0.2) is 31.4 Å². The number of aliphatic hydroxyl groups excluding tert-OH is 1. The molecule has 2 unspecified atom stereocenters. The fraction of sp³-hybridized carbons (Fsp3) is 0.538. The van der Waals surface area contributed by atoms with Crippen LogP contribution in [0.15, 0.2) is 24.3 Å². The summed E-state index contributed by atoms with van der Waals surface area (Å²) < 4.78 is 5.09. The first-order valence-corrected chi connectivity index (χ1v) is 5.89. The molecule has 0 saturated carbocycles. The number of ether oxygens (including phenoxy) is 1. The lowest BCUT2D eigenvalue weighted by Crippen LogP contribution is -2.34. The maximum absolute atomic E-state index is 9.51. The van der Waals surface area contributed by atoms with Crippen LogP contribution in [0.5, 0.6) is 5.75 Å². The lowest BCUT2D eigenvalue weighted by Gasteiger charge is -2.17. The van der Waals surface area contributed by atoms with E-state index in [9.17, 15) is 5.11 Å². The maximum atomic E-state index is 9.51. The number of benzene rings is 1. The molecule has 1 rings (SSSR count). The molecule has 4 nitrogen and oxygen atoms in total. The van der Waals surface area contributed by atoms with E-state index in [0.29, 0.717) is 6.54 Å². The second-order valence-corrected chi connectivity index (χ2v) is 4.26. The average Bonchev–Trinajstić information content (AvgIpc) is 2.38. The van der Waals surface area contributed by atoms with Crippen molar-refractivity contribution in [3.63, 3.8) is 0 Å². The third kappa shape index (κ3) is 4.73. The summed E-state index contributed by atoms with van der Waals surface area (Å²) in [6.07, 6.45) is -0.432. The quantitative estimate of drug-likeness (QED) is 0.655. The molecule has 0 radical (unpaired) electrons. The fourth-order valence-electron chi connectivity index (χ4n) is 1.56. The topological polar surface area (TPSA) is 67.5 Å². The van der Waals surface area contributed by atoms with Crippen LogP contribution in [0, 0.1) is 5.92 Å². The minimum atomic E-state index is -0.432. The van der Waals surface area contributed by atoms with Gasteiger partial charge in [-0.15, -0.1) is 0 Å². The van der Waals surface area contributed by atoms with Crippen molar-refractivity contribution in [1.82, 2.24) is 5.32 Å². The molecular formula is C13H22N2O2. The van der Waals surface area contributed by atoms with Gasteiger partial charge in [-0.3, -0.25) is 0 Å². The highest BCUT2D eigenvalue weighted by molar-refractivity contribution is 5.26. The second kappa shape index (κ2) is 7.27. The average molecular weight is 238 g/mol. The van der Waals surface area contributed by atoms with Crippen molar-refractivity contribution >= 4 is 0 Å². The first-order chi connectivity index (χ1) is 8.17. The monoisotopic (exact) mass is 238 g/mol. The van der Waals surface area contributed by atoms with Crippen LogP contribution >= 0.6 is 0 Å². The van der Waals surface area contributed by atoms with Gasteiger partial charge in [0.15, 0.2) is 0 Å². The molecule has 0 fully saturated rings. The Balaban J connectivity index is 2.30. The highest BCUT2D eigenvalue weighted by atomic mass is 16.5. The fourth-order valence-corrected chi connectivity index (χ4v) is 1.56. The van der Waals surface area contributed by atoms with E-state index in [2.05, 4.69) is 5.32 Å². The van der Waals surface area contributed by atoms with Gasteiger partial charge in [0.2, 0.25) is 0 Å². The van der Waals surface area contributed by atoms with E-state index in [1.165, 1.54) is 5.56 Å². The summed E-state index contributed by atoms with van der Waals surface area (Å²) in [5, 5.41) is 12.8. The number of aliphatic hydroxyl groups is 1. The van der Waals surface area contributed by atoms with Crippen molar-refractivity contribution < 1.29 is 9.84 Å². The van der Waals surface area contributed by atoms with Gasteiger partial charge in [-0.05, 0) is 23.6 Å². The Morgan fingerprint density at radius 1 is 1.35 bits per heavy atom. The van der Waals surface area contributed by atoms with Crippen molar-refractivity contribution in [3.8, 4) is 5.75 Å². The van der Waals surface area contributed by atoms with E-state index in [0.717, 1.165) is 18.8 Å². The van der Waals surface area contributed by atoms with E-state index < -0.39 is 6.10 Å². The largest absolute Gasteiger partial charge is 0.497 e. The molecular weight excluding hydrogens is 216 g/mol. The number of nitrogens with two attached hydrogens (primary N) is 1. The molecule has 4 N–H and O–H groups in total. The highest BCUT2D eigenvalue weighted by Gasteiger charge is 2.11. The molecule has 4 heteroatoms. The minimum Gasteiger partial charge on any atom is -0.497 e. The summed E-state index contributed by atoms with van der Waals surface area (Å²) in [5.41, 5.74) is 6.59. The van der Waals surface area contributed by atoms with E-state index in [-0.39, 0.29) is 5.92 Å². The molecule has 0 saturated heterocycles. The summed E-state index contributed by atoms with van der Waals surface area (Å²) in [6.45, 7) is 3.83. The van der Waals surface area contributed by atoms with Gasteiger partial charge in [0.05, 0.1) is 13.2 Å². The maximum Gasteiger partial charge on any atom is 0.118 e. The lowest BCUT2D eigenvalue weighted by molar-refractivity contribution is 0.123. The zero-order valence-electron chi connectivity index (χ0n) is 10.5. The molecule has 0 aliphatic heterocycles. The van der Waals surface area contributed by atoms with E-state index >= 15 is 0 Å². The standard InChI is InChI=1S/C13H22N2O2/c1-10(13(16)7-14)8-15-9-11-3-5-12(17-2)6-4-11/h3-6,10,13,15-16H,7-9,14H2,1-2H3. The van der Waals surface area contributed by atoms with Gasteiger partial charge in [0.1, 0.15) is 5.75 Å². The Bertz CT molecular complexity index is 314. The van der Waals surface area contributed by atoms with Crippen LogP contribution in [0.2, 0.25) is 0 Å². The van der Waals surface area contributed by atoms with Crippen molar-refractivity contribution in [2.45, 2.75) is 19.6 Å². The highest BCUT2D eigenvalue weighted by Crippen LogP contribution is 2.11. The van der Waals surface area contributed by atoms with Gasteiger partial charge in [0.25, 0.3) is 0 Å². The molecule has 0 bridgehead atoms. The molecule has 2 atom stereocenters. The Morgan fingerprint density at radius 2 is 2.00 bits per heavy atom. The summed E-state index contributed by atoms with van der Waals surface area (Å²) >= 11 is 0. The number of methoxy groups -OCH3 is 1. The SMILES string of the molecule is COc1ccc(CNCC(C)C(O)CN)cc1. The molecule has 0 aliphatic rings. The summed E-state index contributed by atoms with van der Waals surface area (Å²) in [4.78, 5) is 0. The zero-order valence-corrected chi connectivity index (χ0v) is 10.5. The van der Waals surface area contributed by atoms with Crippen LogP contribution in [0.3, 0.4) is 0 Å². The minimum absolute atomic E-state index is 0.165. The van der Waals surface area contributed by atoms with Gasteiger partial charge in [-0.2, -0.15) is 0 Å². The predicted octanol–water partition coefficient (Wildman–Crippen LogP) is 0.740. The molecule has 17 heavy (non-hydrogen) atoms. The van der Waals surface area contributed by atoms with Crippen LogP contribution in [0.25, 0.3) is 0 Å². The van der Waals surface area contributed by atoms with Gasteiger partial charge in [-0.25, -0.2) is 0 Å². The molecule has 0 spiro atoms. The zero-order chi connectivity index (χ0) is 12.7. The van der Waals surface area contributed by atoms with Crippen LogP contribution in [0.1, 0.15) is 12.5 Å². The number of hydrogen-bond acceptors (Lipinski definition) is 4. The summed E-state index contributed by atoms with van der Waals surface area (Å²) in [7, 11) is 1.66. The van der Waals surface area contributed by atoms with Crippen molar-refractivity contribution in [3.05, 3.63) is 29.8 Å². The van der Waals surface area contributed by atoms with Crippen LogP contribution in [0.4, 0.5) is 0 Å². The third-order valence-corrected chi connectivity index (χ3v) is 2.85. The normalized spacial score (nSPS) is 14.4. The molecule has 0 amide bonds. The number of nitrogens with one attached hydrogen (secondary N) is 1. The number of rotatable bonds is 7. The van der Waals surface area contributed by atoms with Crippen molar-refractivity contribution in [1.29, 1.82) is 0 Å². The van der Waals surface area contributed by atoms with Gasteiger partial charge in [-0.1, -0.05) is 19.1 Å². The lowest BCUT2D eigenvalue weighted by atomic mass is 10.1. The molecule has 0 heterocycles. The van der Waals surface area contributed by atoms with E-state index in [1.54, 1.807) is 7.11 Å². The van der Waals surface area contributed by atoms with Gasteiger partial charge >= 0.3 is 0 Å². The first-order valence-electron chi connectivity index (χ1n) is 5.89. The summed E-state index contributed by atoms with van der Waals surface area (Å²) in [5.74, 6) is 1.03. The Hall–Kier alpha value is -1.10. The van der Waals surface area contributed by atoms with Gasteiger partial charge in [0, 0.05) is 19.6 Å². The molecule has 1 aromatic rings. The summed E-state index contributed by atoms with van der Waals surface area (Å²) in [6, 6.07) is 7.93. The Labute approximate surface area is 103 Å². The molecule has 0 aromatic heterocycles. The Morgan fingerprint density at radius 3 is 2.53 bits per heavy atom. The van der Waals surface area contributed by atoms with E-state index in [1.807, 2.05) is 31.2 Å². The Kier molecular flexibility index (Phi) is 5.97. The molecule has 0 aliphatic carbocycles. The molecule has 1 aromatic carbocycles. The van der Waals surface area contributed by atoms with Gasteiger partial charge < -0.3 is 20.9 Å². The second-order valence-electron chi connectivity index (χ2n) is 4.26. The first kappa shape index (κ1) is 14.0. The molecule has 96 valence electrons.